The molecule has 3 aliphatic rings. The summed E-state index contributed by atoms with van der Waals surface area (Å²) < 4.78 is 34.9. The highest BCUT2D eigenvalue weighted by Crippen LogP contribution is 2.39. The molecule has 23 nitrogen and oxygen atoms in total. The minimum atomic E-state index is -3.08. The highest BCUT2D eigenvalue weighted by Gasteiger charge is 2.60. The van der Waals surface area contributed by atoms with Crippen molar-refractivity contribution in [2.75, 3.05) is 26.4 Å². The Hall–Kier alpha value is -2.79. The van der Waals surface area contributed by atoms with Gasteiger partial charge in [-0.15, -0.1) is 0 Å². The first-order valence-electron chi connectivity index (χ1n) is 37.7. The van der Waals surface area contributed by atoms with Gasteiger partial charge in [0.1, 0.15) is 67.1 Å². The molecule has 3 saturated heterocycles. The third kappa shape index (κ3) is 34.3. The molecular weight excluding hydrogens is 1240 g/mol. The zero-order valence-corrected chi connectivity index (χ0v) is 59.0. The largest absolute Gasteiger partial charge is 0.477 e. The Morgan fingerprint density at radius 3 is 1.42 bits per heavy atom. The fraction of sp³-hybridized carbons (Fsp3) is 0.904. The van der Waals surface area contributed by atoms with Crippen molar-refractivity contribution in [3.63, 3.8) is 0 Å². The van der Waals surface area contributed by atoms with Crippen molar-refractivity contribution in [2.24, 2.45) is 0 Å². The maximum atomic E-state index is 13.5. The minimum Gasteiger partial charge on any atom is -0.477 e. The van der Waals surface area contributed by atoms with Gasteiger partial charge in [0.25, 0.3) is 5.79 Å². The van der Waals surface area contributed by atoms with Gasteiger partial charge in [0, 0.05) is 19.8 Å². The van der Waals surface area contributed by atoms with Crippen LogP contribution in [0.3, 0.4) is 0 Å². The fourth-order valence-electron chi connectivity index (χ4n) is 13.1. The SMILES string of the molecule is CCCCCCCCCCCC/C=C\CCCCCCCCCC(=O)NC(COC1OC(CO)C(OC2OC(CO)C(O)C(OC3(C(=O)O)CC(O)C(NC(C)=O)C(C(O)C(O)CO)O3)C2O)C(O)C1O)C(O)/C=C/CCCCCCCCCCCCCCCCCCCCC. The van der Waals surface area contributed by atoms with E-state index in [0.717, 1.165) is 77.6 Å². The highest BCUT2D eigenvalue weighted by molar-refractivity contribution is 5.77. The number of aliphatic hydroxyl groups is 11. The number of unbranched alkanes of at least 4 members (excludes halogenated alkanes) is 36. The van der Waals surface area contributed by atoms with Crippen LogP contribution < -0.4 is 10.6 Å². The molecular formula is C73H134N2O21. The van der Waals surface area contributed by atoms with Crippen molar-refractivity contribution in [1.82, 2.24) is 10.6 Å². The summed E-state index contributed by atoms with van der Waals surface area (Å²) in [6.07, 6.45) is 26.4. The van der Waals surface area contributed by atoms with Crippen molar-refractivity contribution in [3.05, 3.63) is 24.3 Å². The van der Waals surface area contributed by atoms with Gasteiger partial charge >= 0.3 is 5.97 Å². The van der Waals surface area contributed by atoms with Gasteiger partial charge in [-0.25, -0.2) is 4.79 Å². The second-order valence-electron chi connectivity index (χ2n) is 27.5. The third-order valence-electron chi connectivity index (χ3n) is 19.1. The summed E-state index contributed by atoms with van der Waals surface area (Å²) in [5.74, 6) is -6.14. The molecule has 0 aromatic heterocycles. The summed E-state index contributed by atoms with van der Waals surface area (Å²) in [6, 6.07) is -2.62. The van der Waals surface area contributed by atoms with E-state index in [2.05, 4.69) is 36.6 Å². The number of ether oxygens (including phenoxy) is 6. The molecule has 2 amide bonds. The molecule has 23 heteroatoms. The van der Waals surface area contributed by atoms with Gasteiger partial charge in [-0.05, 0) is 44.9 Å². The number of amides is 2. The lowest BCUT2D eigenvalue weighted by molar-refractivity contribution is -0.386. The molecule has 0 bridgehead atoms. The van der Waals surface area contributed by atoms with E-state index in [1.807, 2.05) is 6.08 Å². The Morgan fingerprint density at radius 2 is 0.979 bits per heavy atom. The number of nitrogens with one attached hydrogen (secondary N) is 2. The smallest absolute Gasteiger partial charge is 0.364 e. The lowest BCUT2D eigenvalue weighted by Gasteiger charge is -2.50. The summed E-state index contributed by atoms with van der Waals surface area (Å²) in [6.45, 7) is 2.17. The van der Waals surface area contributed by atoms with Gasteiger partial charge in [0.15, 0.2) is 12.6 Å². The quantitative estimate of drug-likeness (QED) is 0.0201. The van der Waals surface area contributed by atoms with Gasteiger partial charge in [-0.3, -0.25) is 9.59 Å². The van der Waals surface area contributed by atoms with Crippen LogP contribution in [0.1, 0.15) is 284 Å². The first kappa shape index (κ1) is 87.4. The number of aliphatic carboxylic acids is 1. The lowest BCUT2D eigenvalue weighted by Crippen LogP contribution is -2.70. The summed E-state index contributed by atoms with van der Waals surface area (Å²) in [7, 11) is 0. The van der Waals surface area contributed by atoms with E-state index in [1.54, 1.807) is 6.08 Å². The predicted molar refractivity (Wildman–Crippen MR) is 366 cm³/mol. The van der Waals surface area contributed by atoms with Crippen LogP contribution in [0.4, 0.5) is 0 Å². The van der Waals surface area contributed by atoms with Crippen LogP contribution in [0, 0.1) is 0 Å². The predicted octanol–water partition coefficient (Wildman–Crippen LogP) is 8.40. The Balaban J connectivity index is 1.57. The van der Waals surface area contributed by atoms with Crippen LogP contribution in [0.5, 0.6) is 0 Å². The van der Waals surface area contributed by atoms with Crippen LogP contribution in [0.2, 0.25) is 0 Å². The van der Waals surface area contributed by atoms with Crippen LogP contribution in [0.25, 0.3) is 0 Å². The Bertz CT molecular complexity index is 2030. The fourth-order valence-corrected chi connectivity index (χ4v) is 13.1. The number of hydrogen-bond acceptors (Lipinski definition) is 20. The molecule has 3 rings (SSSR count). The first-order valence-corrected chi connectivity index (χ1v) is 37.7. The molecule has 0 aromatic carbocycles. The number of carboxylic acid groups (broad SMARTS) is 1. The number of rotatable bonds is 58. The molecule has 0 spiro atoms. The van der Waals surface area contributed by atoms with Crippen molar-refractivity contribution < 1.29 is 104 Å². The van der Waals surface area contributed by atoms with Gasteiger partial charge in [0.05, 0.1) is 50.7 Å². The number of allylic oxidation sites excluding steroid dienone is 3. The van der Waals surface area contributed by atoms with E-state index < -0.39 is 155 Å². The van der Waals surface area contributed by atoms with Crippen molar-refractivity contribution >= 4 is 17.8 Å². The Kier molecular flexibility index (Phi) is 48.3. The molecule has 18 unspecified atom stereocenters. The molecule has 3 heterocycles. The normalized spacial score (nSPS) is 27.7. The summed E-state index contributed by atoms with van der Waals surface area (Å²) in [4.78, 5) is 38.6. The molecule has 0 radical (unpaired) electrons. The molecule has 3 fully saturated rings. The van der Waals surface area contributed by atoms with Gasteiger partial charge in [-0.1, -0.05) is 244 Å². The van der Waals surface area contributed by atoms with E-state index in [4.69, 9.17) is 28.4 Å². The molecule has 3 aliphatic heterocycles. The van der Waals surface area contributed by atoms with Crippen LogP contribution in [0.15, 0.2) is 24.3 Å². The molecule has 18 atom stereocenters. The highest BCUT2D eigenvalue weighted by atomic mass is 16.8. The number of carbonyl (C=O) groups is 3. The number of aliphatic hydroxyl groups excluding tert-OH is 11. The van der Waals surface area contributed by atoms with Crippen molar-refractivity contribution in [1.29, 1.82) is 0 Å². The number of hydrogen-bond donors (Lipinski definition) is 14. The van der Waals surface area contributed by atoms with Crippen LogP contribution >= 0.6 is 0 Å². The van der Waals surface area contributed by atoms with E-state index in [9.17, 15) is 75.7 Å². The molecule has 0 saturated carbocycles. The van der Waals surface area contributed by atoms with E-state index in [-0.39, 0.29) is 12.3 Å². The molecule has 0 aliphatic carbocycles. The average molecular weight is 1380 g/mol. The summed E-state index contributed by atoms with van der Waals surface area (Å²) >= 11 is 0. The second-order valence-corrected chi connectivity index (χ2v) is 27.5. The summed E-state index contributed by atoms with van der Waals surface area (Å²) in [5, 5.41) is 136. The van der Waals surface area contributed by atoms with Gasteiger partial charge < -0.3 is 100 Å². The molecule has 0 aromatic rings. The minimum absolute atomic E-state index is 0.196. The molecule has 562 valence electrons. The third-order valence-corrected chi connectivity index (χ3v) is 19.1. The maximum Gasteiger partial charge on any atom is 0.364 e. The number of carbonyl (C=O) groups excluding carboxylic acids is 2. The van der Waals surface area contributed by atoms with Crippen LogP contribution in [-0.2, 0) is 42.8 Å². The Labute approximate surface area is 574 Å². The second kappa shape index (κ2) is 53.1. The van der Waals surface area contributed by atoms with Crippen LogP contribution in [-0.4, -0.2) is 215 Å². The molecule has 14 N–H and O–H groups in total. The monoisotopic (exact) mass is 1370 g/mol. The molecule has 96 heavy (non-hydrogen) atoms. The topological polar surface area (TPSA) is 373 Å². The number of carboxylic acids is 1. The van der Waals surface area contributed by atoms with Crippen molar-refractivity contribution in [3.8, 4) is 0 Å². The van der Waals surface area contributed by atoms with Crippen molar-refractivity contribution in [2.45, 2.75) is 394 Å². The van der Waals surface area contributed by atoms with Gasteiger partial charge in [-0.2, -0.15) is 0 Å². The zero-order chi connectivity index (χ0) is 70.4. The van der Waals surface area contributed by atoms with E-state index in [0.29, 0.717) is 12.8 Å². The average Bonchev–Trinajstić information content (AvgIpc) is 0.784. The first-order chi connectivity index (χ1) is 46.4. The van der Waals surface area contributed by atoms with E-state index >= 15 is 0 Å². The van der Waals surface area contributed by atoms with Gasteiger partial charge in [0.2, 0.25) is 11.8 Å². The van der Waals surface area contributed by atoms with E-state index in [1.165, 1.54) is 167 Å². The standard InChI is InChI=1S/C73H134N2O21/c1-4-6-8-10-12-14-16-18-20-22-24-26-28-30-32-34-36-38-40-42-44-46-55(80)54(75-60(83)47-45-43-41-39-37-35-33-31-29-27-25-23-21-19-17-15-13-11-9-7-5-2)52-91-70-65(87)64(86)67(59(51-78)93-70)94-71-66(88)69(63(85)58(50-77)92-71)96-73(72(89)90)48-56(81)61(74-53(3)79)68(95-73)62(84)57(82)49-76/h27,29,44,46,54-59,61-71,76-78,80-82,84-88H,4-26,28,30-43,45,47-52H2,1-3H3,(H,74,79)(H,75,83)(H,89,90)/b29-27-,46-44+. The Morgan fingerprint density at radius 1 is 0.542 bits per heavy atom. The lowest BCUT2D eigenvalue weighted by atomic mass is 9.88. The summed E-state index contributed by atoms with van der Waals surface area (Å²) in [5.41, 5.74) is 0. The zero-order valence-electron chi connectivity index (χ0n) is 59.0. The maximum absolute atomic E-state index is 13.5.